The Kier molecular flexibility index (Phi) is 8.19. The van der Waals surface area contributed by atoms with Crippen molar-refractivity contribution < 1.29 is 19.1 Å². The molecule has 7 nitrogen and oxygen atoms in total. The molecule has 0 aliphatic rings. The molecule has 2 aromatic rings. The summed E-state index contributed by atoms with van der Waals surface area (Å²) in [7, 11) is 0. The van der Waals surface area contributed by atoms with Gasteiger partial charge in [0.05, 0.1) is 0 Å². The molecule has 0 unspecified atom stereocenters. The summed E-state index contributed by atoms with van der Waals surface area (Å²) in [6, 6.07) is 13.3. The van der Waals surface area contributed by atoms with Crippen LogP contribution in [0.1, 0.15) is 50.3 Å². The number of hydrogen-bond acceptors (Lipinski definition) is 4. The molecule has 2 rings (SSSR count). The summed E-state index contributed by atoms with van der Waals surface area (Å²) in [6.45, 7) is 9.79. The number of carbonyl (C=O) groups excluding carboxylic acids is 3. The third-order valence-electron chi connectivity index (χ3n) is 4.64. The number of carbonyl (C=O) groups is 3. The van der Waals surface area contributed by atoms with E-state index in [-0.39, 0.29) is 30.8 Å². The Balaban J connectivity index is 1.73. The fourth-order valence-electron chi connectivity index (χ4n) is 2.90. The number of amides is 3. The molecule has 0 spiro atoms. The third kappa shape index (κ3) is 7.77. The molecule has 0 aliphatic heterocycles. The van der Waals surface area contributed by atoms with Gasteiger partial charge in [0.25, 0.3) is 5.91 Å². The van der Waals surface area contributed by atoms with Crippen LogP contribution in [0.25, 0.3) is 0 Å². The van der Waals surface area contributed by atoms with Gasteiger partial charge in [-0.2, -0.15) is 0 Å². The summed E-state index contributed by atoms with van der Waals surface area (Å²) >= 11 is 0. The molecule has 3 N–H and O–H groups in total. The molecule has 7 heteroatoms. The molecule has 0 atom stereocenters. The molecule has 31 heavy (non-hydrogen) atoms. The van der Waals surface area contributed by atoms with Gasteiger partial charge in [-0.15, -0.1) is 0 Å². The van der Waals surface area contributed by atoms with Crippen LogP contribution in [0.5, 0.6) is 5.75 Å². The maximum atomic E-state index is 12.1. The zero-order chi connectivity index (χ0) is 23.0. The van der Waals surface area contributed by atoms with Crippen molar-refractivity contribution in [1.29, 1.82) is 0 Å². The normalized spacial score (nSPS) is 10.9. The first-order valence-electron chi connectivity index (χ1n) is 10.2. The van der Waals surface area contributed by atoms with Gasteiger partial charge in [0.2, 0.25) is 11.8 Å². The molecule has 0 heterocycles. The summed E-state index contributed by atoms with van der Waals surface area (Å²) < 4.78 is 5.62. The monoisotopic (exact) mass is 425 g/mol. The number of nitrogens with one attached hydrogen (secondary N) is 3. The van der Waals surface area contributed by atoms with Crippen LogP contribution < -0.4 is 20.9 Å². The molecule has 0 saturated heterocycles. The van der Waals surface area contributed by atoms with Crippen molar-refractivity contribution in [2.24, 2.45) is 0 Å². The van der Waals surface area contributed by atoms with E-state index in [9.17, 15) is 14.4 Å². The van der Waals surface area contributed by atoms with Gasteiger partial charge in [0, 0.05) is 18.5 Å². The number of ether oxygens (including phenoxy) is 1. The Labute approximate surface area is 183 Å². The molecular formula is C24H31N3O4. The lowest BCUT2D eigenvalue weighted by Gasteiger charge is -2.22. The second-order valence-corrected chi connectivity index (χ2v) is 8.50. The standard InChI is InChI=1S/C24H31N3O4/c1-16-10-11-17(2)19(14-16)25-21(28)12-13-22(29)26-27-23(30)15-31-20-9-7-6-8-18(20)24(3,4)5/h6-11,14H,12-13,15H2,1-5H3,(H,25,28)(H,26,29)(H,27,30). The van der Waals surface area contributed by atoms with Crippen LogP contribution in [0, 0.1) is 13.8 Å². The predicted octanol–water partition coefficient (Wildman–Crippen LogP) is 3.55. The van der Waals surface area contributed by atoms with Crippen LogP contribution in [0.2, 0.25) is 0 Å². The number of rotatable bonds is 7. The van der Waals surface area contributed by atoms with Gasteiger partial charge in [-0.1, -0.05) is 51.1 Å². The number of benzene rings is 2. The highest BCUT2D eigenvalue weighted by atomic mass is 16.5. The van der Waals surface area contributed by atoms with Crippen molar-refractivity contribution in [3.63, 3.8) is 0 Å². The molecule has 0 fully saturated rings. The van der Waals surface area contributed by atoms with Crippen molar-refractivity contribution in [1.82, 2.24) is 10.9 Å². The van der Waals surface area contributed by atoms with E-state index in [0.29, 0.717) is 5.75 Å². The summed E-state index contributed by atoms with van der Waals surface area (Å²) in [5, 5.41) is 2.80. The summed E-state index contributed by atoms with van der Waals surface area (Å²) in [5.74, 6) is -0.589. The number of aryl methyl sites for hydroxylation is 2. The van der Waals surface area contributed by atoms with E-state index in [2.05, 4.69) is 36.9 Å². The molecule has 0 aliphatic carbocycles. The van der Waals surface area contributed by atoms with Gasteiger partial charge < -0.3 is 10.1 Å². The van der Waals surface area contributed by atoms with Gasteiger partial charge in [0.1, 0.15) is 5.75 Å². The van der Waals surface area contributed by atoms with Crippen LogP contribution in [-0.2, 0) is 19.8 Å². The SMILES string of the molecule is Cc1ccc(C)c(NC(=O)CCC(=O)NNC(=O)COc2ccccc2C(C)(C)C)c1. The Morgan fingerprint density at radius 2 is 1.52 bits per heavy atom. The van der Waals surface area contributed by atoms with E-state index in [1.165, 1.54) is 0 Å². The lowest BCUT2D eigenvalue weighted by molar-refractivity contribution is -0.130. The van der Waals surface area contributed by atoms with Crippen LogP contribution in [-0.4, -0.2) is 24.3 Å². The second-order valence-electron chi connectivity index (χ2n) is 8.50. The average molecular weight is 426 g/mol. The van der Waals surface area contributed by atoms with E-state index in [1.54, 1.807) is 6.07 Å². The van der Waals surface area contributed by atoms with Gasteiger partial charge in [0.15, 0.2) is 6.61 Å². The fourth-order valence-corrected chi connectivity index (χ4v) is 2.90. The Hall–Kier alpha value is -3.35. The molecular weight excluding hydrogens is 394 g/mol. The zero-order valence-corrected chi connectivity index (χ0v) is 18.8. The quantitative estimate of drug-likeness (QED) is 0.591. The van der Waals surface area contributed by atoms with Crippen LogP contribution >= 0.6 is 0 Å². The van der Waals surface area contributed by atoms with Gasteiger partial charge in [-0.25, -0.2) is 0 Å². The zero-order valence-electron chi connectivity index (χ0n) is 18.8. The van der Waals surface area contributed by atoms with Crippen LogP contribution in [0.4, 0.5) is 5.69 Å². The largest absolute Gasteiger partial charge is 0.483 e. The number of hydrogen-bond donors (Lipinski definition) is 3. The van der Waals surface area contributed by atoms with Crippen molar-refractivity contribution in [3.8, 4) is 5.75 Å². The van der Waals surface area contributed by atoms with Crippen LogP contribution in [0.3, 0.4) is 0 Å². The first-order valence-corrected chi connectivity index (χ1v) is 10.2. The Morgan fingerprint density at radius 1 is 0.871 bits per heavy atom. The van der Waals surface area contributed by atoms with Crippen molar-refractivity contribution in [2.45, 2.75) is 52.9 Å². The van der Waals surface area contributed by atoms with Crippen LogP contribution in [0.15, 0.2) is 42.5 Å². The van der Waals surface area contributed by atoms with Gasteiger partial charge in [-0.3, -0.25) is 25.2 Å². The number of anilines is 1. The first-order chi connectivity index (χ1) is 14.6. The minimum Gasteiger partial charge on any atom is -0.483 e. The van der Waals surface area contributed by atoms with E-state index in [4.69, 9.17) is 4.74 Å². The molecule has 0 radical (unpaired) electrons. The van der Waals surface area contributed by atoms with Crippen molar-refractivity contribution >= 4 is 23.4 Å². The van der Waals surface area contributed by atoms with E-state index < -0.39 is 11.8 Å². The first kappa shape index (κ1) is 23.9. The van der Waals surface area contributed by atoms with Gasteiger partial charge >= 0.3 is 0 Å². The molecule has 0 bridgehead atoms. The molecule has 2 aromatic carbocycles. The fraction of sp³-hybridized carbons (Fsp3) is 0.375. The lowest BCUT2D eigenvalue weighted by Crippen LogP contribution is -2.44. The summed E-state index contributed by atoms with van der Waals surface area (Å²) in [6.07, 6.45) is -0.0464. The van der Waals surface area contributed by atoms with Crippen molar-refractivity contribution in [2.75, 3.05) is 11.9 Å². The van der Waals surface area contributed by atoms with E-state index in [1.807, 2.05) is 50.2 Å². The van der Waals surface area contributed by atoms with E-state index in [0.717, 1.165) is 22.4 Å². The maximum absolute atomic E-state index is 12.1. The number of hydrazine groups is 1. The topological polar surface area (TPSA) is 96.5 Å². The minimum atomic E-state index is -0.489. The highest BCUT2D eigenvalue weighted by molar-refractivity contribution is 5.94. The Morgan fingerprint density at radius 3 is 2.23 bits per heavy atom. The highest BCUT2D eigenvalue weighted by Crippen LogP contribution is 2.30. The highest BCUT2D eigenvalue weighted by Gasteiger charge is 2.19. The average Bonchev–Trinajstić information content (AvgIpc) is 2.71. The Bertz CT molecular complexity index is 948. The molecule has 166 valence electrons. The molecule has 0 saturated carbocycles. The summed E-state index contributed by atoms with van der Waals surface area (Å²) in [4.78, 5) is 36.0. The van der Waals surface area contributed by atoms with E-state index >= 15 is 0 Å². The van der Waals surface area contributed by atoms with Crippen molar-refractivity contribution in [3.05, 3.63) is 59.2 Å². The summed E-state index contributed by atoms with van der Waals surface area (Å²) in [5.41, 5.74) is 8.18. The lowest BCUT2D eigenvalue weighted by atomic mass is 9.86. The minimum absolute atomic E-state index is 0.00451. The number of para-hydroxylation sites is 1. The predicted molar refractivity (Wildman–Crippen MR) is 121 cm³/mol. The second kappa shape index (κ2) is 10.6. The maximum Gasteiger partial charge on any atom is 0.276 e. The van der Waals surface area contributed by atoms with Gasteiger partial charge in [-0.05, 0) is 48.1 Å². The third-order valence-corrected chi connectivity index (χ3v) is 4.64. The molecule has 0 aromatic heterocycles. The smallest absolute Gasteiger partial charge is 0.276 e. The molecule has 3 amide bonds.